The molecule has 7 heteroatoms. The van der Waals surface area contributed by atoms with Gasteiger partial charge in [0.2, 0.25) is 11.8 Å². The summed E-state index contributed by atoms with van der Waals surface area (Å²) in [6, 6.07) is 4.09. The minimum atomic E-state index is -0.877. The molecule has 0 radical (unpaired) electrons. The van der Waals surface area contributed by atoms with Crippen LogP contribution in [0.1, 0.15) is 84.0 Å². The van der Waals surface area contributed by atoms with Crippen molar-refractivity contribution in [3.8, 4) is 0 Å². The van der Waals surface area contributed by atoms with Crippen molar-refractivity contribution in [3.63, 3.8) is 0 Å². The maximum atomic E-state index is 13.9. The zero-order valence-corrected chi connectivity index (χ0v) is 23.0. The van der Waals surface area contributed by atoms with Crippen LogP contribution in [0.5, 0.6) is 0 Å². The van der Waals surface area contributed by atoms with Crippen LogP contribution in [-0.2, 0) is 14.3 Å². The summed E-state index contributed by atoms with van der Waals surface area (Å²) >= 11 is 0. The van der Waals surface area contributed by atoms with E-state index in [1.807, 2.05) is 52.8 Å². The van der Waals surface area contributed by atoms with Gasteiger partial charge < -0.3 is 20.3 Å². The van der Waals surface area contributed by atoms with Gasteiger partial charge >= 0.3 is 6.09 Å². The normalized spacial score (nSPS) is 14.0. The lowest BCUT2D eigenvalue weighted by atomic mass is 9.94. The SMILES string of the molecule is C=CCN(C(=O)C(NC(=O)OC(C)(C)C)C(C)C)C(C(=O)NC(C)CCC)c1cc(C)ccc1C. The van der Waals surface area contributed by atoms with E-state index in [4.69, 9.17) is 4.74 Å². The molecule has 1 aromatic rings. The minimum Gasteiger partial charge on any atom is -0.444 e. The first-order valence-corrected chi connectivity index (χ1v) is 12.5. The molecule has 1 rings (SSSR count). The van der Waals surface area contributed by atoms with Gasteiger partial charge in [0.15, 0.2) is 0 Å². The maximum Gasteiger partial charge on any atom is 0.408 e. The highest BCUT2D eigenvalue weighted by Crippen LogP contribution is 2.28. The summed E-state index contributed by atoms with van der Waals surface area (Å²) in [6.07, 6.45) is 2.69. The van der Waals surface area contributed by atoms with Crippen molar-refractivity contribution in [1.29, 1.82) is 0 Å². The van der Waals surface area contributed by atoms with Crippen LogP contribution in [0, 0.1) is 19.8 Å². The van der Waals surface area contributed by atoms with E-state index < -0.39 is 23.8 Å². The molecule has 0 spiro atoms. The summed E-state index contributed by atoms with van der Waals surface area (Å²) in [6.45, 7) is 20.9. The van der Waals surface area contributed by atoms with E-state index in [0.29, 0.717) is 0 Å². The standard InChI is InChI=1S/C28H45N3O4/c1-11-13-21(7)29-25(32)24(22-17-19(5)14-15-20(22)6)31(16-12-2)26(33)23(18(3)4)30-27(34)35-28(8,9)10/h12,14-15,17-18,21,23-24H,2,11,13,16H2,1,3-10H3,(H,29,32)(H,30,34). The van der Waals surface area contributed by atoms with Crippen LogP contribution >= 0.6 is 0 Å². The number of amides is 3. The molecule has 196 valence electrons. The van der Waals surface area contributed by atoms with E-state index in [0.717, 1.165) is 29.5 Å². The lowest BCUT2D eigenvalue weighted by Gasteiger charge is -2.36. The van der Waals surface area contributed by atoms with Crippen LogP contribution in [0.4, 0.5) is 4.79 Å². The molecule has 0 aliphatic rings. The van der Waals surface area contributed by atoms with E-state index in [-0.39, 0.29) is 30.3 Å². The number of carbonyl (C=O) groups is 3. The van der Waals surface area contributed by atoms with Crippen molar-refractivity contribution in [1.82, 2.24) is 15.5 Å². The summed E-state index contributed by atoms with van der Waals surface area (Å²) < 4.78 is 5.39. The molecule has 0 aliphatic carbocycles. The summed E-state index contributed by atoms with van der Waals surface area (Å²) in [5.74, 6) is -0.853. The molecule has 7 nitrogen and oxygen atoms in total. The van der Waals surface area contributed by atoms with Gasteiger partial charge in [-0.2, -0.15) is 0 Å². The monoisotopic (exact) mass is 487 g/mol. The first-order valence-electron chi connectivity index (χ1n) is 12.5. The van der Waals surface area contributed by atoms with Crippen molar-refractivity contribution in [2.75, 3.05) is 6.54 Å². The Morgan fingerprint density at radius 1 is 1.11 bits per heavy atom. The quantitative estimate of drug-likeness (QED) is 0.419. The Morgan fingerprint density at radius 2 is 1.74 bits per heavy atom. The lowest BCUT2D eigenvalue weighted by Crippen LogP contribution is -2.55. The molecule has 3 atom stereocenters. The van der Waals surface area contributed by atoms with Gasteiger partial charge in [-0.05, 0) is 65.0 Å². The number of alkyl carbamates (subject to hydrolysis) is 1. The number of aryl methyl sites for hydroxylation is 2. The zero-order valence-electron chi connectivity index (χ0n) is 23.0. The van der Waals surface area contributed by atoms with Gasteiger partial charge in [0.25, 0.3) is 0 Å². The largest absolute Gasteiger partial charge is 0.444 e. The number of ether oxygens (including phenoxy) is 1. The number of hydrogen-bond acceptors (Lipinski definition) is 4. The summed E-state index contributed by atoms with van der Waals surface area (Å²) in [5.41, 5.74) is 1.94. The molecule has 0 saturated carbocycles. The highest BCUT2D eigenvalue weighted by atomic mass is 16.6. The predicted octanol–water partition coefficient (Wildman–Crippen LogP) is 5.21. The van der Waals surface area contributed by atoms with Crippen LogP contribution in [-0.4, -0.2) is 47.0 Å². The summed E-state index contributed by atoms with van der Waals surface area (Å²) in [7, 11) is 0. The smallest absolute Gasteiger partial charge is 0.408 e. The average Bonchev–Trinajstić information content (AvgIpc) is 2.72. The van der Waals surface area contributed by atoms with Gasteiger partial charge in [-0.3, -0.25) is 9.59 Å². The number of hydrogen-bond donors (Lipinski definition) is 2. The molecule has 3 unspecified atom stereocenters. The fraction of sp³-hybridized carbons (Fsp3) is 0.607. The van der Waals surface area contributed by atoms with Crippen LogP contribution in [0.3, 0.4) is 0 Å². The van der Waals surface area contributed by atoms with Gasteiger partial charge in [0.1, 0.15) is 17.7 Å². The van der Waals surface area contributed by atoms with Crippen LogP contribution in [0.15, 0.2) is 30.9 Å². The molecule has 2 N–H and O–H groups in total. The molecule has 1 aromatic carbocycles. The Kier molecular flexibility index (Phi) is 11.5. The van der Waals surface area contributed by atoms with Crippen molar-refractivity contribution >= 4 is 17.9 Å². The van der Waals surface area contributed by atoms with E-state index in [1.54, 1.807) is 26.8 Å². The first-order chi connectivity index (χ1) is 16.2. The van der Waals surface area contributed by atoms with Crippen molar-refractivity contribution < 1.29 is 19.1 Å². The third kappa shape index (κ3) is 9.38. The Balaban J connectivity index is 3.50. The number of rotatable bonds is 11. The Morgan fingerprint density at radius 3 is 2.26 bits per heavy atom. The topological polar surface area (TPSA) is 87.7 Å². The van der Waals surface area contributed by atoms with E-state index in [2.05, 4.69) is 24.1 Å². The third-order valence-electron chi connectivity index (χ3n) is 5.61. The molecule has 0 fully saturated rings. The molecule has 0 saturated heterocycles. The first kappa shape index (κ1) is 30.2. The molecular weight excluding hydrogens is 442 g/mol. The van der Waals surface area contributed by atoms with Gasteiger partial charge in [-0.15, -0.1) is 6.58 Å². The Hall–Kier alpha value is -2.83. The maximum absolute atomic E-state index is 13.9. The fourth-order valence-electron chi connectivity index (χ4n) is 3.92. The van der Waals surface area contributed by atoms with Gasteiger partial charge in [0.05, 0.1) is 0 Å². The number of nitrogens with zero attached hydrogens (tertiary/aromatic N) is 1. The lowest BCUT2D eigenvalue weighted by molar-refractivity contribution is -0.143. The van der Waals surface area contributed by atoms with Crippen LogP contribution in [0.25, 0.3) is 0 Å². The molecular formula is C28H45N3O4. The second-order valence-corrected chi connectivity index (χ2v) is 10.6. The second-order valence-electron chi connectivity index (χ2n) is 10.6. The minimum absolute atomic E-state index is 0.0402. The molecule has 0 aromatic heterocycles. The average molecular weight is 488 g/mol. The molecule has 3 amide bonds. The van der Waals surface area contributed by atoms with Crippen molar-refractivity contribution in [2.24, 2.45) is 5.92 Å². The Labute approximate surface area is 211 Å². The number of carbonyl (C=O) groups excluding carboxylic acids is 3. The number of benzene rings is 1. The fourth-order valence-corrected chi connectivity index (χ4v) is 3.92. The summed E-state index contributed by atoms with van der Waals surface area (Å²) in [5, 5.41) is 5.81. The predicted molar refractivity (Wildman–Crippen MR) is 141 cm³/mol. The van der Waals surface area contributed by atoms with E-state index >= 15 is 0 Å². The van der Waals surface area contributed by atoms with Crippen molar-refractivity contribution in [2.45, 2.75) is 98.9 Å². The third-order valence-corrected chi connectivity index (χ3v) is 5.61. The molecule has 0 bridgehead atoms. The highest BCUT2D eigenvalue weighted by Gasteiger charge is 2.37. The van der Waals surface area contributed by atoms with Gasteiger partial charge in [-0.25, -0.2) is 4.79 Å². The van der Waals surface area contributed by atoms with Crippen molar-refractivity contribution in [3.05, 3.63) is 47.5 Å². The zero-order chi connectivity index (χ0) is 26.9. The Bertz CT molecular complexity index is 889. The van der Waals surface area contributed by atoms with Crippen LogP contribution < -0.4 is 10.6 Å². The van der Waals surface area contributed by atoms with E-state index in [9.17, 15) is 14.4 Å². The molecule has 0 heterocycles. The highest BCUT2D eigenvalue weighted by molar-refractivity contribution is 5.92. The van der Waals surface area contributed by atoms with Gasteiger partial charge in [-0.1, -0.05) is 57.0 Å². The van der Waals surface area contributed by atoms with E-state index in [1.165, 1.54) is 4.90 Å². The molecule has 0 aliphatic heterocycles. The summed E-state index contributed by atoms with van der Waals surface area (Å²) in [4.78, 5) is 41.6. The van der Waals surface area contributed by atoms with Gasteiger partial charge in [0, 0.05) is 12.6 Å². The number of nitrogens with one attached hydrogen (secondary N) is 2. The van der Waals surface area contributed by atoms with Crippen LogP contribution in [0.2, 0.25) is 0 Å². The molecule has 35 heavy (non-hydrogen) atoms. The second kappa shape index (κ2) is 13.3.